The highest BCUT2D eigenvalue weighted by molar-refractivity contribution is 5.95. The average molecular weight is 283 g/mol. The normalized spacial score (nSPS) is 10.2. The SMILES string of the molecule is Cc1ccccc1CC(=O)Nc1ccc(C)c(C(=O)O)c1. The maximum absolute atomic E-state index is 12.0. The highest BCUT2D eigenvalue weighted by atomic mass is 16.4. The molecule has 108 valence electrons. The van der Waals surface area contributed by atoms with Gasteiger partial charge in [-0.25, -0.2) is 4.79 Å². The molecule has 2 rings (SSSR count). The lowest BCUT2D eigenvalue weighted by molar-refractivity contribution is -0.115. The number of carboxylic acids is 1. The molecule has 0 atom stereocenters. The first-order valence-corrected chi connectivity index (χ1v) is 6.65. The Bertz CT molecular complexity index is 692. The van der Waals surface area contributed by atoms with Crippen LogP contribution in [-0.2, 0) is 11.2 Å². The molecule has 0 spiro atoms. The minimum Gasteiger partial charge on any atom is -0.478 e. The van der Waals surface area contributed by atoms with E-state index < -0.39 is 5.97 Å². The van der Waals surface area contributed by atoms with Crippen molar-refractivity contribution in [3.05, 3.63) is 64.7 Å². The Morgan fingerprint density at radius 1 is 1.05 bits per heavy atom. The average Bonchev–Trinajstić information content (AvgIpc) is 2.43. The van der Waals surface area contributed by atoms with Crippen molar-refractivity contribution in [2.45, 2.75) is 20.3 Å². The molecule has 4 nitrogen and oxygen atoms in total. The lowest BCUT2D eigenvalue weighted by Crippen LogP contribution is -2.15. The van der Waals surface area contributed by atoms with E-state index in [9.17, 15) is 9.59 Å². The summed E-state index contributed by atoms with van der Waals surface area (Å²) in [6.07, 6.45) is 0.267. The van der Waals surface area contributed by atoms with Crippen LogP contribution in [0.4, 0.5) is 5.69 Å². The minimum absolute atomic E-state index is 0.163. The van der Waals surface area contributed by atoms with E-state index in [0.29, 0.717) is 11.3 Å². The van der Waals surface area contributed by atoms with Gasteiger partial charge in [0.05, 0.1) is 12.0 Å². The van der Waals surface area contributed by atoms with Crippen LogP contribution >= 0.6 is 0 Å². The van der Waals surface area contributed by atoms with E-state index in [1.807, 2.05) is 31.2 Å². The fraction of sp³-hybridized carbons (Fsp3) is 0.176. The summed E-state index contributed by atoms with van der Waals surface area (Å²) in [4.78, 5) is 23.1. The largest absolute Gasteiger partial charge is 0.478 e. The van der Waals surface area contributed by atoms with E-state index in [4.69, 9.17) is 5.11 Å². The first-order chi connectivity index (χ1) is 9.97. The lowest BCUT2D eigenvalue weighted by Gasteiger charge is -2.09. The minimum atomic E-state index is -0.998. The number of hydrogen-bond donors (Lipinski definition) is 2. The maximum Gasteiger partial charge on any atom is 0.336 e. The van der Waals surface area contributed by atoms with Crippen molar-refractivity contribution in [1.82, 2.24) is 0 Å². The number of benzene rings is 2. The Morgan fingerprint density at radius 2 is 1.76 bits per heavy atom. The molecule has 2 N–H and O–H groups in total. The van der Waals surface area contributed by atoms with Crippen molar-refractivity contribution < 1.29 is 14.7 Å². The van der Waals surface area contributed by atoms with Gasteiger partial charge in [0.15, 0.2) is 0 Å². The number of nitrogens with one attached hydrogen (secondary N) is 1. The van der Waals surface area contributed by atoms with Crippen LogP contribution in [0.2, 0.25) is 0 Å². The van der Waals surface area contributed by atoms with Crippen LogP contribution in [0.15, 0.2) is 42.5 Å². The third-order valence-corrected chi connectivity index (χ3v) is 3.36. The quantitative estimate of drug-likeness (QED) is 0.905. The number of carboxylic acid groups (broad SMARTS) is 1. The first-order valence-electron chi connectivity index (χ1n) is 6.65. The summed E-state index contributed by atoms with van der Waals surface area (Å²) in [7, 11) is 0. The molecular weight excluding hydrogens is 266 g/mol. The fourth-order valence-corrected chi connectivity index (χ4v) is 2.12. The van der Waals surface area contributed by atoms with Crippen molar-refractivity contribution >= 4 is 17.6 Å². The molecule has 0 saturated carbocycles. The maximum atomic E-state index is 12.0. The molecule has 0 fully saturated rings. The molecule has 0 saturated heterocycles. The van der Waals surface area contributed by atoms with Crippen LogP contribution in [0.1, 0.15) is 27.0 Å². The van der Waals surface area contributed by atoms with Gasteiger partial charge in [0.25, 0.3) is 0 Å². The van der Waals surface area contributed by atoms with Gasteiger partial charge in [-0.3, -0.25) is 4.79 Å². The highest BCUT2D eigenvalue weighted by Gasteiger charge is 2.10. The monoisotopic (exact) mass is 283 g/mol. The Kier molecular flexibility index (Phi) is 4.38. The summed E-state index contributed by atoms with van der Waals surface area (Å²) in [6.45, 7) is 3.68. The van der Waals surface area contributed by atoms with Crippen LogP contribution in [0.25, 0.3) is 0 Å². The summed E-state index contributed by atoms with van der Waals surface area (Å²) >= 11 is 0. The molecular formula is C17H17NO3. The molecule has 0 aliphatic carbocycles. The first kappa shape index (κ1) is 14.8. The molecule has 0 bridgehead atoms. The van der Waals surface area contributed by atoms with Gasteiger partial charge in [-0.15, -0.1) is 0 Å². The van der Waals surface area contributed by atoms with Crippen LogP contribution in [0.5, 0.6) is 0 Å². The van der Waals surface area contributed by atoms with Gasteiger partial charge in [-0.2, -0.15) is 0 Å². The fourth-order valence-electron chi connectivity index (χ4n) is 2.12. The molecule has 0 aromatic heterocycles. The predicted molar refractivity (Wildman–Crippen MR) is 81.7 cm³/mol. The summed E-state index contributed by atoms with van der Waals surface area (Å²) in [5.41, 5.74) is 3.38. The van der Waals surface area contributed by atoms with E-state index >= 15 is 0 Å². The van der Waals surface area contributed by atoms with Gasteiger partial charge >= 0.3 is 5.97 Å². The summed E-state index contributed by atoms with van der Waals surface area (Å²) < 4.78 is 0. The molecule has 0 aliphatic heterocycles. The molecule has 4 heteroatoms. The smallest absolute Gasteiger partial charge is 0.336 e. The third kappa shape index (κ3) is 3.69. The van der Waals surface area contributed by atoms with Gasteiger partial charge in [0.2, 0.25) is 5.91 Å². The molecule has 2 aromatic carbocycles. The Morgan fingerprint density at radius 3 is 2.43 bits per heavy atom. The number of carbonyl (C=O) groups is 2. The molecule has 21 heavy (non-hydrogen) atoms. The molecule has 1 amide bonds. The summed E-state index contributed by atoms with van der Waals surface area (Å²) in [5.74, 6) is -1.16. The standard InChI is InChI=1S/C17H17NO3/c1-11-5-3-4-6-13(11)9-16(19)18-14-8-7-12(2)15(10-14)17(20)21/h3-8,10H,9H2,1-2H3,(H,18,19)(H,20,21). The van der Waals surface area contributed by atoms with Crippen molar-refractivity contribution in [2.24, 2.45) is 0 Å². The van der Waals surface area contributed by atoms with Gasteiger partial charge in [-0.1, -0.05) is 30.3 Å². The number of anilines is 1. The number of amides is 1. The van der Waals surface area contributed by atoms with Gasteiger partial charge in [-0.05, 0) is 42.7 Å². The van der Waals surface area contributed by atoms with E-state index in [0.717, 1.165) is 11.1 Å². The second-order valence-corrected chi connectivity index (χ2v) is 4.99. The lowest BCUT2D eigenvalue weighted by atomic mass is 10.1. The van der Waals surface area contributed by atoms with Crippen LogP contribution in [0.3, 0.4) is 0 Å². The zero-order chi connectivity index (χ0) is 15.4. The summed E-state index contributed by atoms with van der Waals surface area (Å²) in [5, 5.41) is 11.8. The van der Waals surface area contributed by atoms with Gasteiger partial charge in [0, 0.05) is 5.69 Å². The number of aryl methyl sites for hydroxylation is 2. The van der Waals surface area contributed by atoms with Crippen molar-refractivity contribution in [1.29, 1.82) is 0 Å². The topological polar surface area (TPSA) is 66.4 Å². The van der Waals surface area contributed by atoms with E-state index in [1.165, 1.54) is 6.07 Å². The number of aromatic carboxylic acids is 1. The Hall–Kier alpha value is -2.62. The zero-order valence-electron chi connectivity index (χ0n) is 12.0. The molecule has 0 aliphatic rings. The molecule has 0 heterocycles. The zero-order valence-corrected chi connectivity index (χ0v) is 12.0. The predicted octanol–water partition coefficient (Wildman–Crippen LogP) is 3.18. The summed E-state index contributed by atoms with van der Waals surface area (Å²) in [6, 6.07) is 12.6. The second-order valence-electron chi connectivity index (χ2n) is 4.99. The van der Waals surface area contributed by atoms with Crippen molar-refractivity contribution in [3.8, 4) is 0 Å². The molecule has 2 aromatic rings. The molecule has 0 unspecified atom stereocenters. The van der Waals surface area contributed by atoms with Crippen LogP contribution < -0.4 is 5.32 Å². The van der Waals surface area contributed by atoms with E-state index in [2.05, 4.69) is 5.32 Å². The van der Waals surface area contributed by atoms with Gasteiger partial charge < -0.3 is 10.4 Å². The molecule has 0 radical (unpaired) electrons. The highest BCUT2D eigenvalue weighted by Crippen LogP contribution is 2.16. The van der Waals surface area contributed by atoms with Crippen LogP contribution in [0, 0.1) is 13.8 Å². The second kappa shape index (κ2) is 6.22. The number of hydrogen-bond acceptors (Lipinski definition) is 2. The Labute approximate surface area is 123 Å². The Balaban J connectivity index is 2.12. The van der Waals surface area contributed by atoms with Crippen molar-refractivity contribution in [2.75, 3.05) is 5.32 Å². The number of rotatable bonds is 4. The van der Waals surface area contributed by atoms with Gasteiger partial charge in [0.1, 0.15) is 0 Å². The number of carbonyl (C=O) groups excluding carboxylic acids is 1. The third-order valence-electron chi connectivity index (χ3n) is 3.36. The van der Waals surface area contributed by atoms with E-state index in [-0.39, 0.29) is 17.9 Å². The van der Waals surface area contributed by atoms with Crippen LogP contribution in [-0.4, -0.2) is 17.0 Å². The van der Waals surface area contributed by atoms with Crippen molar-refractivity contribution in [3.63, 3.8) is 0 Å². The van der Waals surface area contributed by atoms with E-state index in [1.54, 1.807) is 19.1 Å².